The molecule has 0 N–H and O–H groups in total. The summed E-state index contributed by atoms with van der Waals surface area (Å²) < 4.78 is 24.5. The molecule has 1 saturated heterocycles. The first-order valence-electron chi connectivity index (χ1n) is 13.8. The maximum atomic E-state index is 13.4. The van der Waals surface area contributed by atoms with Gasteiger partial charge in [0.25, 0.3) is 0 Å². The van der Waals surface area contributed by atoms with Crippen LogP contribution in [-0.4, -0.2) is 43.4 Å². The molecule has 36 heavy (non-hydrogen) atoms. The highest BCUT2D eigenvalue weighted by Crippen LogP contribution is 2.60. The second-order valence-corrected chi connectivity index (χ2v) is 10.7. The molecule has 3 atom stereocenters. The molecule has 6 heteroatoms. The number of fused-ring (bicyclic) bond motifs is 3. The summed E-state index contributed by atoms with van der Waals surface area (Å²) >= 11 is 0. The van der Waals surface area contributed by atoms with E-state index in [0.717, 1.165) is 67.9 Å². The number of amides is 1. The molecule has 0 spiro atoms. The van der Waals surface area contributed by atoms with Crippen LogP contribution in [0.5, 0.6) is 17.2 Å². The Hall–Kier alpha value is -2.89. The van der Waals surface area contributed by atoms with Crippen LogP contribution in [0.4, 0.5) is 4.79 Å². The number of benzene rings is 2. The lowest BCUT2D eigenvalue weighted by Gasteiger charge is -2.58. The Bertz CT molecular complexity index is 1100. The quantitative estimate of drug-likeness (QED) is 0.462. The van der Waals surface area contributed by atoms with Gasteiger partial charge in [0, 0.05) is 23.6 Å². The number of hydrogen-bond acceptors (Lipinski definition) is 5. The van der Waals surface area contributed by atoms with E-state index in [1.807, 2.05) is 35.2 Å². The third-order valence-electron chi connectivity index (χ3n) is 8.79. The van der Waals surface area contributed by atoms with Crippen molar-refractivity contribution in [3.05, 3.63) is 53.1 Å². The molecule has 2 fully saturated rings. The van der Waals surface area contributed by atoms with Crippen LogP contribution in [-0.2, 0) is 23.2 Å². The van der Waals surface area contributed by atoms with E-state index in [1.54, 1.807) is 0 Å². The van der Waals surface area contributed by atoms with Gasteiger partial charge in [-0.1, -0.05) is 56.5 Å². The summed E-state index contributed by atoms with van der Waals surface area (Å²) in [7, 11) is 0. The zero-order valence-corrected chi connectivity index (χ0v) is 21.3. The Balaban J connectivity index is 1.34. The van der Waals surface area contributed by atoms with Gasteiger partial charge >= 0.3 is 6.09 Å². The van der Waals surface area contributed by atoms with Gasteiger partial charge in [-0.15, -0.1) is 0 Å². The molecule has 6 nitrogen and oxygen atoms in total. The Morgan fingerprint density at radius 1 is 1.11 bits per heavy atom. The summed E-state index contributed by atoms with van der Waals surface area (Å²) in [4.78, 5) is 15.4. The molecule has 2 aliphatic carbocycles. The number of unbranched alkanes of at least 4 members (excludes halogenated alkanes) is 1. The van der Waals surface area contributed by atoms with E-state index in [4.69, 9.17) is 18.9 Å². The standard InChI is InChI=1S/C30H37NO5/c1-2-3-15-33-26-19-24-22(27-28(26)35-17-16-34-27)18-25-23-11-7-8-12-30(23,24)13-14-31(25)29(32)36-20-21-9-5-4-6-10-21/h4-6,9-10,19,23,25H,2-3,7-8,11-18,20H2,1H3/t23?,25-,30-/m0/s1. The van der Waals surface area contributed by atoms with Crippen molar-refractivity contribution in [2.24, 2.45) is 5.92 Å². The summed E-state index contributed by atoms with van der Waals surface area (Å²) in [6.07, 6.45) is 8.39. The number of piperidine rings is 1. The number of carbonyl (C=O) groups is 1. The molecular formula is C30H37NO5. The van der Waals surface area contributed by atoms with Crippen LogP contribution in [0.2, 0.25) is 0 Å². The number of hydrogen-bond donors (Lipinski definition) is 0. The molecule has 2 bridgehead atoms. The summed E-state index contributed by atoms with van der Waals surface area (Å²) in [6.45, 7) is 4.97. The first-order chi connectivity index (χ1) is 17.7. The highest BCUT2D eigenvalue weighted by Gasteiger charge is 2.56. The van der Waals surface area contributed by atoms with Crippen LogP contribution in [0, 0.1) is 5.92 Å². The van der Waals surface area contributed by atoms with Crippen molar-refractivity contribution in [2.45, 2.75) is 76.4 Å². The van der Waals surface area contributed by atoms with Crippen molar-refractivity contribution in [1.29, 1.82) is 0 Å². The van der Waals surface area contributed by atoms with Gasteiger partial charge < -0.3 is 23.8 Å². The molecule has 2 aromatic rings. The number of rotatable bonds is 6. The number of likely N-dealkylation sites (tertiary alicyclic amines) is 1. The minimum absolute atomic E-state index is 0.0609. The van der Waals surface area contributed by atoms with E-state index in [9.17, 15) is 4.79 Å². The van der Waals surface area contributed by atoms with E-state index in [-0.39, 0.29) is 17.6 Å². The second kappa shape index (κ2) is 9.87. The lowest BCUT2D eigenvalue weighted by molar-refractivity contribution is -0.0147. The summed E-state index contributed by atoms with van der Waals surface area (Å²) in [5.74, 6) is 2.86. The van der Waals surface area contributed by atoms with Gasteiger partial charge in [-0.3, -0.25) is 0 Å². The van der Waals surface area contributed by atoms with Crippen LogP contribution in [0.1, 0.15) is 68.6 Å². The Labute approximate surface area is 213 Å². The Morgan fingerprint density at radius 2 is 1.94 bits per heavy atom. The molecule has 192 valence electrons. The van der Waals surface area contributed by atoms with Crippen LogP contribution < -0.4 is 14.2 Å². The number of nitrogens with zero attached hydrogens (tertiary/aromatic N) is 1. The van der Waals surface area contributed by atoms with E-state index in [0.29, 0.717) is 32.3 Å². The van der Waals surface area contributed by atoms with E-state index in [1.165, 1.54) is 24.0 Å². The van der Waals surface area contributed by atoms with E-state index >= 15 is 0 Å². The minimum atomic E-state index is -0.197. The Kier molecular flexibility index (Phi) is 6.44. The molecule has 2 aliphatic heterocycles. The van der Waals surface area contributed by atoms with Crippen molar-refractivity contribution in [3.63, 3.8) is 0 Å². The largest absolute Gasteiger partial charge is 0.490 e. The lowest BCUT2D eigenvalue weighted by atomic mass is 9.52. The highest BCUT2D eigenvalue weighted by atomic mass is 16.6. The smallest absolute Gasteiger partial charge is 0.410 e. The molecule has 4 aliphatic rings. The van der Waals surface area contributed by atoms with Crippen molar-refractivity contribution in [1.82, 2.24) is 4.90 Å². The lowest BCUT2D eigenvalue weighted by Crippen LogP contribution is -2.62. The van der Waals surface area contributed by atoms with Gasteiger partial charge in [-0.05, 0) is 55.2 Å². The highest BCUT2D eigenvalue weighted by molar-refractivity contribution is 5.70. The van der Waals surface area contributed by atoms with E-state index in [2.05, 4.69) is 13.0 Å². The molecular weight excluding hydrogens is 454 g/mol. The average Bonchev–Trinajstić information content (AvgIpc) is 2.93. The molecule has 6 rings (SSSR count). The SMILES string of the molecule is CCCCOc1cc2c(c3c1OCCO3)C[C@H]1C3CCCC[C@@]23CCN1C(=O)OCc1ccccc1. The van der Waals surface area contributed by atoms with Crippen LogP contribution in [0.15, 0.2) is 36.4 Å². The van der Waals surface area contributed by atoms with E-state index < -0.39 is 0 Å². The fourth-order valence-corrected chi connectivity index (χ4v) is 7.11. The van der Waals surface area contributed by atoms with Crippen molar-refractivity contribution in [3.8, 4) is 17.2 Å². The average molecular weight is 492 g/mol. The predicted molar refractivity (Wildman–Crippen MR) is 137 cm³/mol. The maximum absolute atomic E-state index is 13.4. The molecule has 0 radical (unpaired) electrons. The van der Waals surface area contributed by atoms with Gasteiger partial charge in [0.15, 0.2) is 11.5 Å². The Morgan fingerprint density at radius 3 is 2.78 bits per heavy atom. The monoisotopic (exact) mass is 491 g/mol. The van der Waals surface area contributed by atoms with Gasteiger partial charge in [0.05, 0.1) is 6.61 Å². The summed E-state index contributed by atoms with van der Waals surface area (Å²) in [6, 6.07) is 12.3. The molecule has 1 amide bonds. The topological polar surface area (TPSA) is 57.2 Å². The minimum Gasteiger partial charge on any atom is -0.490 e. The van der Waals surface area contributed by atoms with Gasteiger partial charge in [0.2, 0.25) is 5.75 Å². The second-order valence-electron chi connectivity index (χ2n) is 10.7. The summed E-state index contributed by atoms with van der Waals surface area (Å²) in [5, 5.41) is 0. The number of ether oxygens (including phenoxy) is 4. The molecule has 2 aromatic carbocycles. The fraction of sp³-hybridized carbons (Fsp3) is 0.567. The van der Waals surface area contributed by atoms with Crippen LogP contribution >= 0.6 is 0 Å². The third kappa shape index (κ3) is 3.99. The zero-order chi connectivity index (χ0) is 24.5. The van der Waals surface area contributed by atoms with Crippen molar-refractivity contribution in [2.75, 3.05) is 26.4 Å². The van der Waals surface area contributed by atoms with Gasteiger partial charge in [0.1, 0.15) is 19.8 Å². The third-order valence-corrected chi connectivity index (χ3v) is 8.79. The fourth-order valence-electron chi connectivity index (χ4n) is 7.11. The van der Waals surface area contributed by atoms with Crippen molar-refractivity contribution >= 4 is 6.09 Å². The van der Waals surface area contributed by atoms with Gasteiger partial charge in [-0.2, -0.15) is 0 Å². The van der Waals surface area contributed by atoms with Crippen LogP contribution in [0.25, 0.3) is 0 Å². The first kappa shape index (κ1) is 23.5. The predicted octanol–water partition coefficient (Wildman–Crippen LogP) is 6.03. The molecule has 2 heterocycles. The molecule has 1 unspecified atom stereocenters. The number of carbonyl (C=O) groups excluding carboxylic acids is 1. The normalized spacial score (nSPS) is 26.0. The van der Waals surface area contributed by atoms with Gasteiger partial charge in [-0.25, -0.2) is 4.79 Å². The first-order valence-corrected chi connectivity index (χ1v) is 13.8. The zero-order valence-electron chi connectivity index (χ0n) is 21.3. The summed E-state index contributed by atoms with van der Waals surface area (Å²) in [5.41, 5.74) is 3.68. The van der Waals surface area contributed by atoms with Crippen molar-refractivity contribution < 1.29 is 23.7 Å². The molecule has 1 saturated carbocycles. The molecule has 0 aromatic heterocycles. The maximum Gasteiger partial charge on any atom is 0.410 e. The van der Waals surface area contributed by atoms with Crippen LogP contribution in [0.3, 0.4) is 0 Å².